The van der Waals surface area contributed by atoms with Crippen LogP contribution in [0.3, 0.4) is 0 Å². The van der Waals surface area contributed by atoms with E-state index < -0.39 is 12.2 Å². The van der Waals surface area contributed by atoms with Crippen molar-refractivity contribution < 1.29 is 29.2 Å². The number of aliphatic hydroxyl groups is 2. The summed E-state index contributed by atoms with van der Waals surface area (Å²) in [6, 6.07) is 10.5. The van der Waals surface area contributed by atoms with Gasteiger partial charge in [-0.2, -0.15) is 0 Å². The molecule has 0 heterocycles. The lowest BCUT2D eigenvalue weighted by atomic mass is 10.1. The zero-order valence-electron chi connectivity index (χ0n) is 19.0. The molecule has 0 aromatic heterocycles. The molecular weight excluding hydrogens is 408 g/mol. The van der Waals surface area contributed by atoms with Crippen LogP contribution in [0.4, 0.5) is 0 Å². The van der Waals surface area contributed by atoms with E-state index in [9.17, 15) is 10.2 Å². The highest BCUT2D eigenvalue weighted by Gasteiger charge is 2.10. The van der Waals surface area contributed by atoms with Crippen LogP contribution < -0.4 is 18.9 Å². The largest absolute Gasteiger partial charge is 0.493 e. The maximum absolute atomic E-state index is 10.2. The third-order valence-corrected chi connectivity index (χ3v) is 4.78. The monoisotopic (exact) mass is 438 g/mol. The number of aliphatic hydroxyl groups excluding tert-OH is 2. The first-order valence-corrected chi connectivity index (χ1v) is 10.3. The van der Waals surface area contributed by atoms with E-state index in [-0.39, 0.29) is 0 Å². The van der Waals surface area contributed by atoms with E-state index in [0.717, 1.165) is 12.8 Å². The molecule has 0 fully saturated rings. The third-order valence-electron chi connectivity index (χ3n) is 4.78. The smallest absolute Gasteiger partial charge is 0.161 e. The Hall–Kier alpha value is -3.32. The number of hydrogen-bond acceptors (Lipinski definition) is 6. The lowest BCUT2D eigenvalue weighted by molar-refractivity contribution is 0.237. The zero-order chi connectivity index (χ0) is 23.3. The van der Waals surface area contributed by atoms with Crippen molar-refractivity contribution in [3.05, 3.63) is 47.5 Å². The fourth-order valence-corrected chi connectivity index (χ4v) is 2.98. The van der Waals surface area contributed by atoms with Gasteiger partial charge in [-0.1, -0.05) is 24.0 Å². The summed E-state index contributed by atoms with van der Waals surface area (Å²) >= 11 is 0. The maximum Gasteiger partial charge on any atom is 0.161 e. The van der Waals surface area contributed by atoms with Gasteiger partial charge in [0.1, 0.15) is 12.2 Å². The van der Waals surface area contributed by atoms with E-state index in [2.05, 4.69) is 23.7 Å². The molecule has 2 aromatic rings. The van der Waals surface area contributed by atoms with Crippen LogP contribution in [0.1, 0.15) is 49.0 Å². The predicted molar refractivity (Wildman–Crippen MR) is 123 cm³/mol. The highest BCUT2D eigenvalue weighted by Crippen LogP contribution is 2.30. The molecule has 0 amide bonds. The van der Waals surface area contributed by atoms with Gasteiger partial charge in [0.2, 0.25) is 0 Å². The van der Waals surface area contributed by atoms with Crippen molar-refractivity contribution in [2.75, 3.05) is 28.4 Å². The van der Waals surface area contributed by atoms with Crippen molar-refractivity contribution in [3.8, 4) is 46.7 Å². The SMILES string of the molecule is COc1ccc(C(O)C#CCCCCC#CC(O)c2ccc(OC)c(OC)c2)cc1OC. The van der Waals surface area contributed by atoms with E-state index in [1.807, 2.05) is 0 Å². The predicted octanol–water partition coefficient (Wildman–Crippen LogP) is 4.06. The molecule has 0 aliphatic heterocycles. The van der Waals surface area contributed by atoms with E-state index in [4.69, 9.17) is 18.9 Å². The Morgan fingerprint density at radius 3 is 1.34 bits per heavy atom. The Labute approximate surface area is 190 Å². The summed E-state index contributed by atoms with van der Waals surface area (Å²) in [5.74, 6) is 14.0. The van der Waals surface area contributed by atoms with Crippen molar-refractivity contribution in [3.63, 3.8) is 0 Å². The number of methoxy groups -OCH3 is 4. The van der Waals surface area contributed by atoms with E-state index in [1.165, 1.54) is 0 Å². The fourth-order valence-electron chi connectivity index (χ4n) is 2.98. The molecular formula is C26H30O6. The molecule has 2 unspecified atom stereocenters. The minimum atomic E-state index is -0.883. The highest BCUT2D eigenvalue weighted by molar-refractivity contribution is 5.45. The van der Waals surface area contributed by atoms with Crippen LogP contribution >= 0.6 is 0 Å². The van der Waals surface area contributed by atoms with Crippen molar-refractivity contribution in [2.24, 2.45) is 0 Å². The summed E-state index contributed by atoms with van der Waals surface area (Å²) < 4.78 is 20.9. The van der Waals surface area contributed by atoms with Gasteiger partial charge in [-0.15, -0.1) is 11.8 Å². The number of unbranched alkanes of at least 4 members (excludes halogenated alkanes) is 3. The molecule has 0 radical (unpaired) electrons. The first-order valence-electron chi connectivity index (χ1n) is 10.3. The molecule has 6 nitrogen and oxygen atoms in total. The Bertz CT molecular complexity index is 911. The second-order valence-corrected chi connectivity index (χ2v) is 6.88. The first-order chi connectivity index (χ1) is 15.5. The van der Waals surface area contributed by atoms with Crippen LogP contribution in [0.25, 0.3) is 0 Å². The fraction of sp³-hybridized carbons (Fsp3) is 0.385. The van der Waals surface area contributed by atoms with Crippen LogP contribution in [0, 0.1) is 23.7 Å². The van der Waals surface area contributed by atoms with Crippen molar-refractivity contribution in [2.45, 2.75) is 37.9 Å². The van der Waals surface area contributed by atoms with Gasteiger partial charge in [-0.05, 0) is 48.2 Å². The summed E-state index contributed by atoms with van der Waals surface area (Å²) in [5.41, 5.74) is 1.32. The minimum absolute atomic E-state index is 0.555. The Morgan fingerprint density at radius 2 is 1.00 bits per heavy atom. The number of ether oxygens (including phenoxy) is 4. The molecule has 170 valence electrons. The van der Waals surface area contributed by atoms with Crippen molar-refractivity contribution >= 4 is 0 Å². The van der Waals surface area contributed by atoms with Gasteiger partial charge < -0.3 is 29.2 Å². The van der Waals surface area contributed by atoms with Gasteiger partial charge in [-0.3, -0.25) is 0 Å². The van der Waals surface area contributed by atoms with Crippen LogP contribution in [-0.4, -0.2) is 38.7 Å². The molecule has 2 atom stereocenters. The molecule has 2 N–H and O–H groups in total. The molecule has 0 bridgehead atoms. The number of hydrogen-bond donors (Lipinski definition) is 2. The molecule has 0 aliphatic rings. The summed E-state index contributed by atoms with van der Waals surface area (Å²) in [6.07, 6.45) is 1.26. The molecule has 0 saturated carbocycles. The summed E-state index contributed by atoms with van der Waals surface area (Å²) in [7, 11) is 6.23. The summed E-state index contributed by atoms with van der Waals surface area (Å²) in [5, 5.41) is 20.5. The second kappa shape index (κ2) is 13.2. The Balaban J connectivity index is 1.78. The maximum atomic E-state index is 10.2. The Morgan fingerprint density at radius 1 is 0.625 bits per heavy atom. The molecule has 0 spiro atoms. The van der Waals surface area contributed by atoms with Crippen molar-refractivity contribution in [1.29, 1.82) is 0 Å². The molecule has 2 rings (SSSR count). The number of benzene rings is 2. The topological polar surface area (TPSA) is 77.4 Å². The average molecular weight is 439 g/mol. The van der Waals surface area contributed by atoms with E-state index in [0.29, 0.717) is 47.0 Å². The molecule has 32 heavy (non-hydrogen) atoms. The average Bonchev–Trinajstić information content (AvgIpc) is 2.84. The zero-order valence-corrected chi connectivity index (χ0v) is 19.0. The van der Waals surface area contributed by atoms with Crippen molar-refractivity contribution in [1.82, 2.24) is 0 Å². The highest BCUT2D eigenvalue weighted by atomic mass is 16.5. The summed E-state index contributed by atoms with van der Waals surface area (Å²) in [4.78, 5) is 0. The quantitative estimate of drug-likeness (QED) is 0.454. The van der Waals surface area contributed by atoms with Gasteiger partial charge in [0, 0.05) is 12.8 Å². The van der Waals surface area contributed by atoms with E-state index in [1.54, 1.807) is 64.8 Å². The first kappa shape index (κ1) is 24.9. The normalized spacial score (nSPS) is 11.8. The lowest BCUT2D eigenvalue weighted by Crippen LogP contribution is -1.97. The van der Waals surface area contributed by atoms with Crippen LogP contribution in [0.5, 0.6) is 23.0 Å². The van der Waals surface area contributed by atoms with E-state index >= 15 is 0 Å². The summed E-state index contributed by atoms with van der Waals surface area (Å²) in [6.45, 7) is 0. The second-order valence-electron chi connectivity index (χ2n) is 6.88. The van der Waals surface area contributed by atoms with Gasteiger partial charge in [0.15, 0.2) is 23.0 Å². The Kier molecular flexibility index (Phi) is 10.3. The van der Waals surface area contributed by atoms with Crippen LogP contribution in [0.2, 0.25) is 0 Å². The van der Waals surface area contributed by atoms with Gasteiger partial charge in [0.05, 0.1) is 28.4 Å². The number of rotatable bonds is 9. The van der Waals surface area contributed by atoms with Gasteiger partial charge in [0.25, 0.3) is 0 Å². The third kappa shape index (κ3) is 7.13. The van der Waals surface area contributed by atoms with Crippen LogP contribution in [0.15, 0.2) is 36.4 Å². The van der Waals surface area contributed by atoms with Gasteiger partial charge in [-0.25, -0.2) is 0 Å². The standard InChI is InChI=1S/C26H30O6/c1-29-23-15-13-19(17-25(23)31-3)21(27)11-9-7-5-6-8-10-12-22(28)20-14-16-24(30-2)26(18-20)32-4/h13-18,21-22,27-28H,5-8H2,1-4H3. The van der Waals surface area contributed by atoms with Gasteiger partial charge >= 0.3 is 0 Å². The molecule has 0 aliphatic carbocycles. The molecule has 6 heteroatoms. The molecule has 2 aromatic carbocycles. The van der Waals surface area contributed by atoms with Crippen LogP contribution in [-0.2, 0) is 0 Å². The minimum Gasteiger partial charge on any atom is -0.493 e. The molecule has 0 saturated heterocycles. The lowest BCUT2D eigenvalue weighted by Gasteiger charge is -2.10.